The van der Waals surface area contributed by atoms with Crippen LogP contribution >= 0.6 is 0 Å². The van der Waals surface area contributed by atoms with E-state index in [0.717, 1.165) is 6.54 Å². The molecule has 0 amide bonds. The van der Waals surface area contributed by atoms with Crippen LogP contribution in [-0.4, -0.2) is 38.1 Å². The van der Waals surface area contributed by atoms with Crippen molar-refractivity contribution in [2.45, 2.75) is 27.2 Å². The Kier molecular flexibility index (Phi) is 4.99. The van der Waals surface area contributed by atoms with E-state index in [4.69, 9.17) is 4.74 Å². The summed E-state index contributed by atoms with van der Waals surface area (Å²) in [5, 5.41) is 0. The highest BCUT2D eigenvalue weighted by Gasteiger charge is 2.16. The number of carbonyl (C=O) groups excluding carboxylic acids is 1. The molecule has 0 N–H and O–H groups in total. The molecule has 0 aromatic heterocycles. The fraction of sp³-hybridized carbons (Fsp3) is 0.900. The van der Waals surface area contributed by atoms with E-state index in [-0.39, 0.29) is 11.4 Å². The number of nitrogens with zero attached hydrogens (tertiary/aromatic N) is 1. The topological polar surface area (TPSA) is 29.5 Å². The minimum Gasteiger partial charge on any atom is -0.464 e. The molecule has 13 heavy (non-hydrogen) atoms. The molecule has 3 nitrogen and oxygen atoms in total. The number of hydrogen-bond donors (Lipinski definition) is 0. The average Bonchev–Trinajstić information content (AvgIpc) is 1.81. The Morgan fingerprint density at radius 3 is 2.23 bits per heavy atom. The van der Waals surface area contributed by atoms with E-state index in [1.165, 1.54) is 0 Å². The number of rotatable bonds is 4. The lowest BCUT2D eigenvalue weighted by molar-refractivity contribution is -0.145. The quantitative estimate of drug-likeness (QED) is 0.625. The molecule has 0 heterocycles. The standard InChI is InChI=1S/C10H21NO2/c1-10(2,3)8-9(12)13-7-6-11(4)5/h6-8H2,1-5H3. The number of likely N-dealkylation sites (N-methyl/N-ethyl adjacent to an activating group) is 1. The first-order valence-corrected chi connectivity index (χ1v) is 4.61. The highest BCUT2D eigenvalue weighted by Crippen LogP contribution is 2.18. The SMILES string of the molecule is CN(C)CCOC(=O)CC(C)(C)C. The molecular weight excluding hydrogens is 166 g/mol. The van der Waals surface area contributed by atoms with E-state index in [0.29, 0.717) is 13.0 Å². The summed E-state index contributed by atoms with van der Waals surface area (Å²) in [6, 6.07) is 0. The monoisotopic (exact) mass is 187 g/mol. The number of carbonyl (C=O) groups is 1. The van der Waals surface area contributed by atoms with Gasteiger partial charge in [0.1, 0.15) is 6.61 Å². The average molecular weight is 187 g/mol. The van der Waals surface area contributed by atoms with E-state index in [2.05, 4.69) is 0 Å². The Morgan fingerprint density at radius 1 is 1.31 bits per heavy atom. The van der Waals surface area contributed by atoms with Gasteiger partial charge in [-0.3, -0.25) is 4.79 Å². The van der Waals surface area contributed by atoms with Crippen LogP contribution in [0.15, 0.2) is 0 Å². The molecule has 0 saturated heterocycles. The molecule has 0 saturated carbocycles. The lowest BCUT2D eigenvalue weighted by atomic mass is 9.93. The molecule has 0 aliphatic rings. The van der Waals surface area contributed by atoms with Gasteiger partial charge in [0.05, 0.1) is 6.42 Å². The summed E-state index contributed by atoms with van der Waals surface area (Å²) < 4.78 is 5.05. The van der Waals surface area contributed by atoms with E-state index in [1.54, 1.807) is 0 Å². The van der Waals surface area contributed by atoms with Gasteiger partial charge in [-0.1, -0.05) is 20.8 Å². The minimum absolute atomic E-state index is 0.0230. The van der Waals surface area contributed by atoms with Crippen LogP contribution in [0.2, 0.25) is 0 Å². The first kappa shape index (κ1) is 12.4. The highest BCUT2D eigenvalue weighted by molar-refractivity contribution is 5.70. The minimum atomic E-state index is -0.102. The van der Waals surface area contributed by atoms with Crippen LogP contribution in [0, 0.1) is 5.41 Å². The van der Waals surface area contributed by atoms with Crippen molar-refractivity contribution in [1.82, 2.24) is 4.90 Å². The van der Waals surface area contributed by atoms with Crippen molar-refractivity contribution in [1.29, 1.82) is 0 Å². The van der Waals surface area contributed by atoms with Gasteiger partial charge in [-0.05, 0) is 19.5 Å². The summed E-state index contributed by atoms with van der Waals surface area (Å²) in [4.78, 5) is 13.2. The number of hydrogen-bond acceptors (Lipinski definition) is 3. The van der Waals surface area contributed by atoms with Crippen LogP contribution in [0.25, 0.3) is 0 Å². The third-order valence-electron chi connectivity index (χ3n) is 1.48. The fourth-order valence-corrected chi connectivity index (χ4v) is 0.826. The Labute approximate surface area is 81.1 Å². The summed E-state index contributed by atoms with van der Waals surface area (Å²) in [6.45, 7) is 7.36. The first-order chi connectivity index (χ1) is 5.81. The second kappa shape index (κ2) is 5.22. The molecule has 0 bridgehead atoms. The van der Waals surface area contributed by atoms with Crippen LogP contribution in [0.3, 0.4) is 0 Å². The summed E-state index contributed by atoms with van der Waals surface area (Å²) in [5.74, 6) is -0.102. The lowest BCUT2D eigenvalue weighted by Gasteiger charge is -2.17. The normalized spacial score (nSPS) is 11.8. The van der Waals surface area contributed by atoms with Gasteiger partial charge >= 0.3 is 5.97 Å². The van der Waals surface area contributed by atoms with E-state index >= 15 is 0 Å². The molecule has 3 heteroatoms. The van der Waals surface area contributed by atoms with Crippen LogP contribution in [-0.2, 0) is 9.53 Å². The highest BCUT2D eigenvalue weighted by atomic mass is 16.5. The second-order valence-corrected chi connectivity index (χ2v) is 4.76. The van der Waals surface area contributed by atoms with Gasteiger partial charge < -0.3 is 9.64 Å². The molecule has 0 spiro atoms. The van der Waals surface area contributed by atoms with Gasteiger partial charge in [-0.2, -0.15) is 0 Å². The zero-order chi connectivity index (χ0) is 10.5. The predicted molar refractivity (Wildman–Crippen MR) is 53.6 cm³/mol. The van der Waals surface area contributed by atoms with Crippen molar-refractivity contribution in [2.24, 2.45) is 5.41 Å². The van der Waals surface area contributed by atoms with Gasteiger partial charge in [0, 0.05) is 6.54 Å². The maximum absolute atomic E-state index is 11.2. The first-order valence-electron chi connectivity index (χ1n) is 4.61. The number of ether oxygens (including phenoxy) is 1. The Hall–Kier alpha value is -0.570. The largest absolute Gasteiger partial charge is 0.464 e. The molecule has 0 fully saturated rings. The van der Waals surface area contributed by atoms with Crippen molar-refractivity contribution < 1.29 is 9.53 Å². The van der Waals surface area contributed by atoms with Gasteiger partial charge in [0.25, 0.3) is 0 Å². The van der Waals surface area contributed by atoms with E-state index in [1.807, 2.05) is 39.8 Å². The van der Waals surface area contributed by atoms with Crippen LogP contribution in [0.4, 0.5) is 0 Å². The maximum atomic E-state index is 11.2. The third-order valence-corrected chi connectivity index (χ3v) is 1.48. The van der Waals surface area contributed by atoms with Crippen molar-refractivity contribution >= 4 is 5.97 Å². The molecule has 0 atom stereocenters. The maximum Gasteiger partial charge on any atom is 0.306 e. The Balaban J connectivity index is 3.53. The zero-order valence-corrected chi connectivity index (χ0v) is 9.39. The molecule has 0 aromatic carbocycles. The summed E-state index contributed by atoms with van der Waals surface area (Å²) in [5.41, 5.74) is 0.0230. The third kappa shape index (κ3) is 9.34. The zero-order valence-electron chi connectivity index (χ0n) is 9.39. The van der Waals surface area contributed by atoms with E-state index < -0.39 is 0 Å². The van der Waals surface area contributed by atoms with Gasteiger partial charge in [-0.25, -0.2) is 0 Å². The van der Waals surface area contributed by atoms with Crippen molar-refractivity contribution in [3.05, 3.63) is 0 Å². The fourth-order valence-electron chi connectivity index (χ4n) is 0.826. The molecule has 0 aliphatic heterocycles. The van der Waals surface area contributed by atoms with Crippen molar-refractivity contribution in [3.63, 3.8) is 0 Å². The van der Waals surface area contributed by atoms with Crippen molar-refractivity contribution in [2.75, 3.05) is 27.2 Å². The Morgan fingerprint density at radius 2 is 1.85 bits per heavy atom. The molecule has 0 aliphatic carbocycles. The summed E-state index contributed by atoms with van der Waals surface area (Å²) in [6.07, 6.45) is 0.487. The van der Waals surface area contributed by atoms with Gasteiger partial charge in [0.2, 0.25) is 0 Å². The molecule has 78 valence electrons. The smallest absolute Gasteiger partial charge is 0.306 e. The van der Waals surface area contributed by atoms with Crippen LogP contribution in [0.5, 0.6) is 0 Å². The molecule has 0 rings (SSSR count). The van der Waals surface area contributed by atoms with Gasteiger partial charge in [-0.15, -0.1) is 0 Å². The van der Waals surface area contributed by atoms with Crippen LogP contribution in [0.1, 0.15) is 27.2 Å². The second-order valence-electron chi connectivity index (χ2n) is 4.76. The summed E-state index contributed by atoms with van der Waals surface area (Å²) in [7, 11) is 3.91. The molecule has 0 aromatic rings. The number of esters is 1. The molecular formula is C10H21NO2. The van der Waals surface area contributed by atoms with E-state index in [9.17, 15) is 4.79 Å². The van der Waals surface area contributed by atoms with Gasteiger partial charge in [0.15, 0.2) is 0 Å². The molecule has 0 radical (unpaired) electrons. The Bertz CT molecular complexity index is 159. The summed E-state index contributed by atoms with van der Waals surface area (Å²) >= 11 is 0. The predicted octanol–water partition coefficient (Wildman–Crippen LogP) is 1.53. The molecule has 0 unspecified atom stereocenters. The van der Waals surface area contributed by atoms with Crippen LogP contribution < -0.4 is 0 Å². The lowest BCUT2D eigenvalue weighted by Crippen LogP contribution is -2.22. The van der Waals surface area contributed by atoms with Crippen molar-refractivity contribution in [3.8, 4) is 0 Å².